The first-order valence-electron chi connectivity index (χ1n) is 9.48. The molecule has 0 heterocycles. The molecule has 0 aliphatic rings. The molecule has 0 aliphatic heterocycles. The average molecular weight is 324 g/mol. The summed E-state index contributed by atoms with van der Waals surface area (Å²) in [5.74, 6) is 0.0599. The summed E-state index contributed by atoms with van der Waals surface area (Å²) in [7, 11) is 0. The van der Waals surface area contributed by atoms with Gasteiger partial charge in [-0.15, -0.1) is 0 Å². The van der Waals surface area contributed by atoms with Crippen LogP contribution in [0.15, 0.2) is 24.3 Å². The monoisotopic (exact) mass is 323 g/mol. The summed E-state index contributed by atoms with van der Waals surface area (Å²) in [6.07, 6.45) is 22.9. The van der Waals surface area contributed by atoms with Crippen LogP contribution in [0, 0.1) is 0 Å². The summed E-state index contributed by atoms with van der Waals surface area (Å²) in [6.45, 7) is 2.63. The van der Waals surface area contributed by atoms with Gasteiger partial charge in [-0.05, 0) is 38.5 Å². The Morgan fingerprint density at radius 3 is 2.13 bits per heavy atom. The van der Waals surface area contributed by atoms with Gasteiger partial charge < -0.3 is 10.4 Å². The molecule has 0 aliphatic carbocycles. The van der Waals surface area contributed by atoms with Crippen molar-refractivity contribution in [2.24, 2.45) is 0 Å². The predicted octanol–water partition coefficient (Wildman–Crippen LogP) is 4.91. The second-order valence-electron chi connectivity index (χ2n) is 6.05. The molecule has 2 N–H and O–H groups in total. The Kier molecular flexibility index (Phi) is 18.1. The highest BCUT2D eigenvalue weighted by Gasteiger charge is 1.99. The van der Waals surface area contributed by atoms with Crippen molar-refractivity contribution in [3.63, 3.8) is 0 Å². The van der Waals surface area contributed by atoms with Crippen molar-refractivity contribution >= 4 is 5.91 Å². The molecule has 3 heteroatoms. The molecule has 0 rings (SSSR count). The van der Waals surface area contributed by atoms with Crippen LogP contribution in [0.3, 0.4) is 0 Å². The molecule has 0 aromatic heterocycles. The number of nitrogens with one attached hydrogen (secondary N) is 1. The van der Waals surface area contributed by atoms with Crippen LogP contribution in [-0.4, -0.2) is 24.2 Å². The number of unbranched alkanes of at least 4 members (excludes halogenated alkanes) is 8. The van der Waals surface area contributed by atoms with Gasteiger partial charge in [-0.1, -0.05) is 63.3 Å². The molecule has 23 heavy (non-hydrogen) atoms. The van der Waals surface area contributed by atoms with E-state index in [4.69, 9.17) is 5.11 Å². The Balaban J connectivity index is 3.23. The molecule has 0 bridgehead atoms. The van der Waals surface area contributed by atoms with Crippen molar-refractivity contribution < 1.29 is 9.90 Å². The van der Waals surface area contributed by atoms with Gasteiger partial charge in [0.1, 0.15) is 0 Å². The fourth-order valence-electron chi connectivity index (χ4n) is 2.38. The quantitative estimate of drug-likeness (QED) is 0.313. The van der Waals surface area contributed by atoms with Gasteiger partial charge in [0.05, 0.1) is 6.61 Å². The van der Waals surface area contributed by atoms with E-state index in [1.54, 1.807) is 0 Å². The third-order valence-electron chi connectivity index (χ3n) is 3.79. The molecule has 0 fully saturated rings. The molecule has 0 atom stereocenters. The molecule has 0 saturated heterocycles. The van der Waals surface area contributed by atoms with E-state index in [2.05, 4.69) is 36.5 Å². The number of rotatable bonds is 16. The first-order chi connectivity index (χ1) is 11.3. The first-order valence-corrected chi connectivity index (χ1v) is 9.48. The van der Waals surface area contributed by atoms with Crippen LogP contribution < -0.4 is 5.32 Å². The van der Waals surface area contributed by atoms with E-state index in [1.165, 1.54) is 51.4 Å². The summed E-state index contributed by atoms with van der Waals surface area (Å²) in [6, 6.07) is 0. The maximum atomic E-state index is 11.3. The van der Waals surface area contributed by atoms with Gasteiger partial charge in [0, 0.05) is 13.0 Å². The molecule has 134 valence electrons. The van der Waals surface area contributed by atoms with Crippen LogP contribution >= 0.6 is 0 Å². The lowest BCUT2D eigenvalue weighted by atomic mass is 10.1. The highest BCUT2D eigenvalue weighted by molar-refractivity contribution is 5.75. The van der Waals surface area contributed by atoms with E-state index < -0.39 is 0 Å². The third kappa shape index (κ3) is 18.9. The van der Waals surface area contributed by atoms with Gasteiger partial charge in [0.25, 0.3) is 0 Å². The van der Waals surface area contributed by atoms with Crippen LogP contribution in [0.2, 0.25) is 0 Å². The van der Waals surface area contributed by atoms with Gasteiger partial charge in [-0.25, -0.2) is 0 Å². The van der Waals surface area contributed by atoms with E-state index in [9.17, 15) is 4.79 Å². The third-order valence-corrected chi connectivity index (χ3v) is 3.79. The first kappa shape index (κ1) is 21.9. The van der Waals surface area contributed by atoms with Gasteiger partial charge >= 0.3 is 0 Å². The molecular weight excluding hydrogens is 286 g/mol. The number of hydrogen-bond acceptors (Lipinski definition) is 2. The number of aliphatic hydroxyl groups is 1. The van der Waals surface area contributed by atoms with E-state index in [-0.39, 0.29) is 12.5 Å². The molecular formula is C20H37NO2. The number of amides is 1. The summed E-state index contributed by atoms with van der Waals surface area (Å²) < 4.78 is 0. The molecule has 0 unspecified atom stereocenters. The lowest BCUT2D eigenvalue weighted by Gasteiger charge is -2.03. The number of aliphatic hydroxyl groups excluding tert-OH is 1. The minimum absolute atomic E-state index is 0.0217. The lowest BCUT2D eigenvalue weighted by molar-refractivity contribution is -0.121. The molecule has 0 radical (unpaired) electrons. The smallest absolute Gasteiger partial charge is 0.220 e. The van der Waals surface area contributed by atoms with Crippen LogP contribution in [-0.2, 0) is 4.79 Å². The topological polar surface area (TPSA) is 49.3 Å². The predicted molar refractivity (Wildman–Crippen MR) is 99.5 cm³/mol. The van der Waals surface area contributed by atoms with Gasteiger partial charge in [0.15, 0.2) is 0 Å². The van der Waals surface area contributed by atoms with Crippen molar-refractivity contribution in [2.45, 2.75) is 84.0 Å². The largest absolute Gasteiger partial charge is 0.395 e. The zero-order chi connectivity index (χ0) is 17.0. The van der Waals surface area contributed by atoms with Gasteiger partial charge in [-0.3, -0.25) is 4.79 Å². The molecule has 0 aromatic carbocycles. The van der Waals surface area contributed by atoms with E-state index in [0.29, 0.717) is 13.0 Å². The Morgan fingerprint density at radius 1 is 0.870 bits per heavy atom. The number of hydrogen-bond donors (Lipinski definition) is 2. The van der Waals surface area contributed by atoms with Crippen molar-refractivity contribution in [3.05, 3.63) is 24.3 Å². The minimum Gasteiger partial charge on any atom is -0.395 e. The van der Waals surface area contributed by atoms with E-state index in [1.807, 2.05) is 0 Å². The Hall–Kier alpha value is -1.09. The maximum absolute atomic E-state index is 11.3. The molecule has 3 nitrogen and oxygen atoms in total. The van der Waals surface area contributed by atoms with E-state index in [0.717, 1.165) is 19.3 Å². The molecule has 1 amide bonds. The van der Waals surface area contributed by atoms with Crippen LogP contribution in [0.5, 0.6) is 0 Å². The van der Waals surface area contributed by atoms with Crippen LogP contribution in [0.25, 0.3) is 0 Å². The summed E-state index contributed by atoms with van der Waals surface area (Å²) >= 11 is 0. The Bertz CT molecular complexity index is 311. The fourth-order valence-corrected chi connectivity index (χ4v) is 2.38. The van der Waals surface area contributed by atoms with Gasteiger partial charge in [0.2, 0.25) is 5.91 Å². The SMILES string of the molecule is CCCCCC=CCC=CCCCCCCCC(=O)NCCO. The number of allylic oxidation sites excluding steroid dienone is 4. The molecule has 0 saturated carbocycles. The highest BCUT2D eigenvalue weighted by Crippen LogP contribution is 2.08. The lowest BCUT2D eigenvalue weighted by Crippen LogP contribution is -2.25. The zero-order valence-corrected chi connectivity index (χ0v) is 15.1. The minimum atomic E-state index is 0.0217. The number of carbonyl (C=O) groups excluding carboxylic acids is 1. The van der Waals surface area contributed by atoms with Gasteiger partial charge in [-0.2, -0.15) is 0 Å². The summed E-state index contributed by atoms with van der Waals surface area (Å²) in [5.41, 5.74) is 0. The average Bonchev–Trinajstić information content (AvgIpc) is 2.56. The molecule has 0 spiro atoms. The Labute approximate surface area is 143 Å². The standard InChI is InChI=1S/C20H37NO2/c1-2-3-4-5-6-7-8-9-10-11-12-13-14-15-16-17-20(23)21-18-19-22/h6-7,9-10,22H,2-5,8,11-19H2,1H3,(H,21,23). The van der Waals surface area contributed by atoms with Crippen molar-refractivity contribution in [2.75, 3.05) is 13.2 Å². The summed E-state index contributed by atoms with van der Waals surface area (Å²) in [4.78, 5) is 11.3. The Morgan fingerprint density at radius 2 is 1.48 bits per heavy atom. The maximum Gasteiger partial charge on any atom is 0.220 e. The highest BCUT2D eigenvalue weighted by atomic mass is 16.3. The van der Waals surface area contributed by atoms with Crippen LogP contribution in [0.1, 0.15) is 84.0 Å². The van der Waals surface area contributed by atoms with E-state index >= 15 is 0 Å². The zero-order valence-electron chi connectivity index (χ0n) is 15.1. The fraction of sp³-hybridized carbons (Fsp3) is 0.750. The van der Waals surface area contributed by atoms with Crippen molar-refractivity contribution in [1.29, 1.82) is 0 Å². The van der Waals surface area contributed by atoms with Crippen molar-refractivity contribution in [3.8, 4) is 0 Å². The second kappa shape index (κ2) is 19.0. The summed E-state index contributed by atoms with van der Waals surface area (Å²) in [5, 5.41) is 11.3. The normalized spacial score (nSPS) is 11.6. The molecule has 0 aromatic rings. The second-order valence-corrected chi connectivity index (χ2v) is 6.05. The number of carbonyl (C=O) groups is 1. The van der Waals surface area contributed by atoms with Crippen molar-refractivity contribution in [1.82, 2.24) is 5.32 Å². The van der Waals surface area contributed by atoms with Crippen LogP contribution in [0.4, 0.5) is 0 Å².